The first-order chi connectivity index (χ1) is 15.6. The molecule has 6 nitrogen and oxygen atoms in total. The van der Waals surface area contributed by atoms with Gasteiger partial charge in [-0.25, -0.2) is 12.8 Å². The van der Waals surface area contributed by atoms with Gasteiger partial charge in [0.2, 0.25) is 5.91 Å². The van der Waals surface area contributed by atoms with Gasteiger partial charge in [0.1, 0.15) is 5.82 Å². The zero-order chi connectivity index (χ0) is 24.0. The summed E-state index contributed by atoms with van der Waals surface area (Å²) >= 11 is 0. The normalized spacial score (nSPS) is 12.1. The van der Waals surface area contributed by atoms with Crippen LogP contribution in [0.4, 0.5) is 10.1 Å². The SMILES string of the molecule is Cc1ccc(S(=O)(=O)CCC(=O)NC(C)c2ccc(NC(=O)c3ccc(F)cc3)cc2)cc1. The highest BCUT2D eigenvalue weighted by atomic mass is 32.2. The second-order valence-electron chi connectivity index (χ2n) is 7.75. The molecule has 3 rings (SSSR count). The van der Waals surface area contributed by atoms with Crippen LogP contribution in [0.15, 0.2) is 77.7 Å². The van der Waals surface area contributed by atoms with Crippen LogP contribution in [0.1, 0.15) is 40.9 Å². The number of carbonyl (C=O) groups is 2. The molecule has 0 radical (unpaired) electrons. The van der Waals surface area contributed by atoms with Gasteiger partial charge in [0.15, 0.2) is 9.84 Å². The van der Waals surface area contributed by atoms with E-state index in [1.807, 2.05) is 6.92 Å². The van der Waals surface area contributed by atoms with Crippen molar-refractivity contribution in [3.8, 4) is 0 Å². The smallest absolute Gasteiger partial charge is 0.255 e. The molecule has 0 saturated heterocycles. The largest absolute Gasteiger partial charge is 0.350 e. The molecule has 0 bridgehead atoms. The highest BCUT2D eigenvalue weighted by Crippen LogP contribution is 2.18. The van der Waals surface area contributed by atoms with Crippen LogP contribution in [0.5, 0.6) is 0 Å². The quantitative estimate of drug-likeness (QED) is 0.512. The second-order valence-corrected chi connectivity index (χ2v) is 9.86. The Kier molecular flexibility index (Phi) is 7.60. The number of sulfone groups is 1. The first kappa shape index (κ1) is 24.1. The lowest BCUT2D eigenvalue weighted by Gasteiger charge is -2.15. The Bertz CT molecular complexity index is 1220. The third-order valence-corrected chi connectivity index (χ3v) is 6.86. The zero-order valence-electron chi connectivity index (χ0n) is 18.3. The molecule has 0 aliphatic carbocycles. The van der Waals surface area contributed by atoms with Crippen LogP contribution in [0.25, 0.3) is 0 Å². The van der Waals surface area contributed by atoms with Crippen LogP contribution in [0.2, 0.25) is 0 Å². The first-order valence-corrected chi connectivity index (χ1v) is 12.0. The summed E-state index contributed by atoms with van der Waals surface area (Å²) in [5.74, 6) is -1.42. The molecular formula is C25H25FN2O4S. The number of aryl methyl sites for hydroxylation is 1. The van der Waals surface area contributed by atoms with Crippen LogP contribution in [0.3, 0.4) is 0 Å². The molecule has 2 amide bonds. The number of carbonyl (C=O) groups excluding carboxylic acids is 2. The van der Waals surface area contributed by atoms with E-state index >= 15 is 0 Å². The van der Waals surface area contributed by atoms with Gasteiger partial charge < -0.3 is 10.6 Å². The molecule has 1 atom stereocenters. The Balaban J connectivity index is 1.52. The molecule has 3 aromatic carbocycles. The molecule has 0 aliphatic heterocycles. The molecule has 33 heavy (non-hydrogen) atoms. The van der Waals surface area contributed by atoms with Crippen molar-refractivity contribution in [3.63, 3.8) is 0 Å². The van der Waals surface area contributed by atoms with E-state index in [1.165, 1.54) is 24.3 Å². The highest BCUT2D eigenvalue weighted by Gasteiger charge is 2.18. The average Bonchev–Trinajstić information content (AvgIpc) is 2.79. The van der Waals surface area contributed by atoms with Crippen molar-refractivity contribution >= 4 is 27.3 Å². The summed E-state index contributed by atoms with van der Waals surface area (Å²) in [5.41, 5.74) is 2.64. The monoisotopic (exact) mass is 468 g/mol. The summed E-state index contributed by atoms with van der Waals surface area (Å²) in [7, 11) is -3.54. The third kappa shape index (κ3) is 6.73. The Labute approximate surface area is 192 Å². The number of halogens is 1. The lowest BCUT2D eigenvalue weighted by Crippen LogP contribution is -2.28. The molecule has 0 saturated carbocycles. The van der Waals surface area contributed by atoms with Gasteiger partial charge in [-0.05, 0) is 67.9 Å². The molecule has 8 heteroatoms. The Morgan fingerprint density at radius 2 is 1.52 bits per heavy atom. The van der Waals surface area contributed by atoms with Crippen LogP contribution in [0, 0.1) is 12.7 Å². The fraction of sp³-hybridized carbons (Fsp3) is 0.200. The molecule has 0 spiro atoms. The van der Waals surface area contributed by atoms with Crippen molar-refractivity contribution in [1.29, 1.82) is 0 Å². The third-order valence-electron chi connectivity index (χ3n) is 5.13. The number of hydrogen-bond donors (Lipinski definition) is 2. The molecule has 0 fully saturated rings. The van der Waals surface area contributed by atoms with E-state index in [0.29, 0.717) is 11.3 Å². The molecule has 0 aliphatic rings. The standard InChI is InChI=1S/C25H25FN2O4S/c1-17-3-13-23(14-4-17)33(31,32)16-15-24(29)27-18(2)19-7-11-22(12-8-19)28-25(30)20-5-9-21(26)10-6-20/h3-14,18H,15-16H2,1-2H3,(H,27,29)(H,28,30). The lowest BCUT2D eigenvalue weighted by molar-refractivity contribution is -0.121. The lowest BCUT2D eigenvalue weighted by atomic mass is 10.1. The summed E-state index contributed by atoms with van der Waals surface area (Å²) in [5, 5.41) is 5.52. The zero-order valence-corrected chi connectivity index (χ0v) is 19.2. The maximum Gasteiger partial charge on any atom is 0.255 e. The topological polar surface area (TPSA) is 92.3 Å². The van der Waals surface area contributed by atoms with E-state index < -0.39 is 15.7 Å². The van der Waals surface area contributed by atoms with Crippen molar-refractivity contribution in [2.45, 2.75) is 31.2 Å². The van der Waals surface area contributed by atoms with Crippen molar-refractivity contribution < 1.29 is 22.4 Å². The molecule has 172 valence electrons. The maximum absolute atomic E-state index is 13.0. The summed E-state index contributed by atoms with van der Waals surface area (Å²) in [4.78, 5) is 24.7. The van der Waals surface area contributed by atoms with Gasteiger partial charge >= 0.3 is 0 Å². The van der Waals surface area contributed by atoms with E-state index in [2.05, 4.69) is 10.6 Å². The minimum atomic E-state index is -3.54. The number of rotatable bonds is 8. The summed E-state index contributed by atoms with van der Waals surface area (Å²) < 4.78 is 37.8. The van der Waals surface area contributed by atoms with E-state index in [9.17, 15) is 22.4 Å². The second kappa shape index (κ2) is 10.4. The van der Waals surface area contributed by atoms with Crippen molar-refractivity contribution in [3.05, 3.63) is 95.3 Å². The van der Waals surface area contributed by atoms with E-state index in [-0.39, 0.29) is 34.9 Å². The maximum atomic E-state index is 13.0. The number of benzene rings is 3. The molecule has 0 heterocycles. The predicted molar refractivity (Wildman–Crippen MR) is 125 cm³/mol. The van der Waals surface area contributed by atoms with Crippen molar-refractivity contribution in [2.75, 3.05) is 11.1 Å². The van der Waals surface area contributed by atoms with Gasteiger partial charge in [-0.2, -0.15) is 0 Å². The average molecular weight is 469 g/mol. The van der Waals surface area contributed by atoms with Crippen LogP contribution < -0.4 is 10.6 Å². The Morgan fingerprint density at radius 3 is 2.12 bits per heavy atom. The molecule has 1 unspecified atom stereocenters. The van der Waals surface area contributed by atoms with Gasteiger partial charge in [0.25, 0.3) is 5.91 Å². The fourth-order valence-corrected chi connectivity index (χ4v) is 4.39. The van der Waals surface area contributed by atoms with Gasteiger partial charge in [-0.15, -0.1) is 0 Å². The van der Waals surface area contributed by atoms with E-state index in [1.54, 1.807) is 55.5 Å². The summed E-state index contributed by atoms with van der Waals surface area (Å²) in [6.07, 6.45) is -0.146. The van der Waals surface area contributed by atoms with Gasteiger partial charge in [0.05, 0.1) is 16.7 Å². The fourth-order valence-electron chi connectivity index (χ4n) is 3.15. The van der Waals surface area contributed by atoms with Crippen LogP contribution in [-0.2, 0) is 14.6 Å². The van der Waals surface area contributed by atoms with Gasteiger partial charge in [0, 0.05) is 17.7 Å². The summed E-state index contributed by atoms with van der Waals surface area (Å²) in [6.45, 7) is 3.66. The number of anilines is 1. The first-order valence-electron chi connectivity index (χ1n) is 10.4. The van der Waals surface area contributed by atoms with Crippen molar-refractivity contribution in [2.24, 2.45) is 0 Å². The van der Waals surface area contributed by atoms with E-state index in [0.717, 1.165) is 11.1 Å². The molecule has 3 aromatic rings. The molecule has 0 aromatic heterocycles. The Morgan fingerprint density at radius 1 is 0.909 bits per heavy atom. The number of amides is 2. The van der Waals surface area contributed by atoms with Crippen LogP contribution in [-0.4, -0.2) is 26.0 Å². The summed E-state index contributed by atoms with van der Waals surface area (Å²) in [6, 6.07) is 18.3. The van der Waals surface area contributed by atoms with Gasteiger partial charge in [-0.3, -0.25) is 9.59 Å². The molecule has 2 N–H and O–H groups in total. The van der Waals surface area contributed by atoms with Gasteiger partial charge in [-0.1, -0.05) is 29.8 Å². The minimum absolute atomic E-state index is 0.146. The highest BCUT2D eigenvalue weighted by molar-refractivity contribution is 7.91. The van der Waals surface area contributed by atoms with Crippen molar-refractivity contribution in [1.82, 2.24) is 5.32 Å². The minimum Gasteiger partial charge on any atom is -0.350 e. The van der Waals surface area contributed by atoms with E-state index in [4.69, 9.17) is 0 Å². The number of hydrogen-bond acceptors (Lipinski definition) is 4. The predicted octanol–water partition coefficient (Wildman–Crippen LogP) is 4.43. The Hall–Kier alpha value is -3.52. The molecular weight excluding hydrogens is 443 g/mol. The number of nitrogens with one attached hydrogen (secondary N) is 2. The van der Waals surface area contributed by atoms with Crippen LogP contribution >= 0.6 is 0 Å².